The summed E-state index contributed by atoms with van der Waals surface area (Å²) in [6.07, 6.45) is 5.53. The zero-order chi connectivity index (χ0) is 19.2. The van der Waals surface area contributed by atoms with Gasteiger partial charge in [0, 0.05) is 56.1 Å². The molecule has 0 unspecified atom stereocenters. The molecule has 0 amide bonds. The first-order valence-electron chi connectivity index (χ1n) is 9.92. The van der Waals surface area contributed by atoms with Crippen LogP contribution in [-0.4, -0.2) is 64.4 Å². The van der Waals surface area contributed by atoms with E-state index in [0.717, 1.165) is 74.4 Å². The van der Waals surface area contributed by atoms with E-state index in [1.54, 1.807) is 0 Å². The molecule has 0 radical (unpaired) electrons. The number of aromatic amines is 1. The van der Waals surface area contributed by atoms with E-state index in [0.29, 0.717) is 5.95 Å². The van der Waals surface area contributed by atoms with Crippen molar-refractivity contribution >= 4 is 17.0 Å². The molecule has 4 rings (SSSR count). The van der Waals surface area contributed by atoms with Crippen LogP contribution in [0.3, 0.4) is 0 Å². The van der Waals surface area contributed by atoms with Crippen LogP contribution in [0.4, 0.5) is 5.95 Å². The number of hydrogen-bond acceptors (Lipinski definition) is 6. The smallest absolute Gasteiger partial charge is 0.224 e. The van der Waals surface area contributed by atoms with Gasteiger partial charge in [-0.15, -0.1) is 0 Å². The second-order valence-corrected chi connectivity index (χ2v) is 7.10. The zero-order valence-corrected chi connectivity index (χ0v) is 16.0. The van der Waals surface area contributed by atoms with Crippen LogP contribution < -0.4 is 5.32 Å². The molecule has 3 aromatic rings. The maximum Gasteiger partial charge on any atom is 0.224 e. The van der Waals surface area contributed by atoms with Crippen molar-refractivity contribution < 1.29 is 9.84 Å². The van der Waals surface area contributed by atoms with E-state index in [2.05, 4.69) is 49.4 Å². The number of aliphatic hydroxyl groups is 1. The minimum absolute atomic E-state index is 0.215. The third kappa shape index (κ3) is 4.49. The summed E-state index contributed by atoms with van der Waals surface area (Å²) in [6.45, 7) is 5.58. The van der Waals surface area contributed by atoms with Gasteiger partial charge in [-0.05, 0) is 24.0 Å². The van der Waals surface area contributed by atoms with Gasteiger partial charge < -0.3 is 20.1 Å². The fourth-order valence-electron chi connectivity index (χ4n) is 3.48. The number of H-pyrrole nitrogens is 1. The summed E-state index contributed by atoms with van der Waals surface area (Å²) < 4.78 is 5.42. The summed E-state index contributed by atoms with van der Waals surface area (Å²) in [5, 5.41) is 13.1. The highest BCUT2D eigenvalue weighted by molar-refractivity contribution is 5.93. The maximum absolute atomic E-state index is 8.84. The number of nitrogens with zero attached hydrogens (tertiary/aromatic N) is 3. The van der Waals surface area contributed by atoms with Crippen molar-refractivity contribution in [3.05, 3.63) is 42.2 Å². The van der Waals surface area contributed by atoms with E-state index in [-0.39, 0.29) is 6.61 Å². The topological polar surface area (TPSA) is 86.3 Å². The van der Waals surface area contributed by atoms with E-state index >= 15 is 0 Å². The molecule has 0 bridgehead atoms. The lowest BCUT2D eigenvalue weighted by Gasteiger charge is -2.26. The van der Waals surface area contributed by atoms with Crippen LogP contribution in [0.5, 0.6) is 0 Å². The predicted molar refractivity (Wildman–Crippen MR) is 110 cm³/mol. The Kier molecular flexibility index (Phi) is 6.16. The molecule has 3 heterocycles. The largest absolute Gasteiger partial charge is 0.396 e. The van der Waals surface area contributed by atoms with Crippen molar-refractivity contribution in [2.45, 2.75) is 19.4 Å². The van der Waals surface area contributed by atoms with E-state index in [1.165, 1.54) is 5.56 Å². The molecule has 148 valence electrons. The Morgan fingerprint density at radius 3 is 2.75 bits per heavy atom. The number of nitrogens with one attached hydrogen (secondary N) is 2. The Hall–Kier alpha value is -2.48. The number of aliphatic hydroxyl groups excluding tert-OH is 1. The van der Waals surface area contributed by atoms with Crippen LogP contribution in [-0.2, 0) is 11.3 Å². The van der Waals surface area contributed by atoms with Crippen molar-refractivity contribution in [1.82, 2.24) is 19.9 Å². The number of morpholine rings is 1. The van der Waals surface area contributed by atoms with Gasteiger partial charge in [-0.1, -0.05) is 24.3 Å². The molecule has 0 saturated carbocycles. The van der Waals surface area contributed by atoms with Gasteiger partial charge in [0.2, 0.25) is 5.95 Å². The highest BCUT2D eigenvalue weighted by Crippen LogP contribution is 2.28. The third-order valence-electron chi connectivity index (χ3n) is 5.07. The molecule has 28 heavy (non-hydrogen) atoms. The lowest BCUT2D eigenvalue weighted by Crippen LogP contribution is -2.35. The summed E-state index contributed by atoms with van der Waals surface area (Å²) in [6, 6.07) is 8.72. The van der Waals surface area contributed by atoms with Crippen LogP contribution in [0.15, 0.2) is 36.7 Å². The number of anilines is 1. The molecular weight excluding hydrogens is 354 g/mol. The van der Waals surface area contributed by atoms with Crippen LogP contribution in [0.25, 0.3) is 22.2 Å². The molecule has 0 spiro atoms. The molecule has 7 heteroatoms. The molecular formula is C21H27N5O2. The molecule has 1 aliphatic rings. The molecule has 1 aromatic carbocycles. The average Bonchev–Trinajstić information content (AvgIpc) is 3.16. The van der Waals surface area contributed by atoms with Crippen LogP contribution >= 0.6 is 0 Å². The first-order valence-corrected chi connectivity index (χ1v) is 9.92. The van der Waals surface area contributed by atoms with Crippen molar-refractivity contribution in [2.75, 3.05) is 44.8 Å². The first kappa shape index (κ1) is 18.9. The summed E-state index contributed by atoms with van der Waals surface area (Å²) in [5.74, 6) is 0.611. The van der Waals surface area contributed by atoms with Gasteiger partial charge in [0.15, 0.2) is 0 Å². The Morgan fingerprint density at radius 2 is 1.96 bits per heavy atom. The van der Waals surface area contributed by atoms with Crippen molar-refractivity contribution in [3.63, 3.8) is 0 Å². The Balaban J connectivity index is 1.44. The van der Waals surface area contributed by atoms with Crippen molar-refractivity contribution in [2.24, 2.45) is 0 Å². The van der Waals surface area contributed by atoms with Crippen molar-refractivity contribution in [3.8, 4) is 11.1 Å². The van der Waals surface area contributed by atoms with E-state index in [9.17, 15) is 0 Å². The van der Waals surface area contributed by atoms with Gasteiger partial charge in [-0.2, -0.15) is 4.98 Å². The SMILES string of the molecule is OCCCCNc1ncc2c(-c3ccc(CN4CCOCC4)cc3)c[nH]c2n1. The lowest BCUT2D eigenvalue weighted by atomic mass is 10.0. The van der Waals surface area contributed by atoms with Gasteiger partial charge in [0.25, 0.3) is 0 Å². The number of unbranched alkanes of at least 4 members (excludes halogenated alkanes) is 1. The predicted octanol–water partition coefficient (Wildman–Crippen LogP) is 2.64. The second kappa shape index (κ2) is 9.14. The van der Waals surface area contributed by atoms with Gasteiger partial charge in [0.1, 0.15) is 5.65 Å². The molecule has 3 N–H and O–H groups in total. The lowest BCUT2D eigenvalue weighted by molar-refractivity contribution is 0.0342. The van der Waals surface area contributed by atoms with Gasteiger partial charge in [-0.25, -0.2) is 4.98 Å². The molecule has 1 aliphatic heterocycles. The summed E-state index contributed by atoms with van der Waals surface area (Å²) >= 11 is 0. The zero-order valence-electron chi connectivity index (χ0n) is 16.0. The molecule has 0 atom stereocenters. The number of ether oxygens (including phenoxy) is 1. The summed E-state index contributed by atoms with van der Waals surface area (Å²) in [4.78, 5) is 14.7. The number of fused-ring (bicyclic) bond motifs is 1. The van der Waals surface area contributed by atoms with Gasteiger partial charge in [0.05, 0.1) is 13.2 Å². The molecule has 0 aliphatic carbocycles. The Bertz CT molecular complexity index is 887. The molecule has 2 aromatic heterocycles. The van der Waals surface area contributed by atoms with Gasteiger partial charge >= 0.3 is 0 Å². The first-order chi connectivity index (χ1) is 13.8. The highest BCUT2D eigenvalue weighted by Gasteiger charge is 2.12. The number of benzene rings is 1. The van der Waals surface area contributed by atoms with Crippen molar-refractivity contribution in [1.29, 1.82) is 0 Å². The third-order valence-corrected chi connectivity index (χ3v) is 5.07. The number of aromatic nitrogens is 3. The minimum atomic E-state index is 0.215. The number of rotatable bonds is 8. The molecule has 1 fully saturated rings. The van der Waals surface area contributed by atoms with Crippen LogP contribution in [0, 0.1) is 0 Å². The standard InChI is InChI=1S/C21H27N5O2/c27-10-2-1-7-22-21-24-14-19-18(13-23-20(19)25-21)17-5-3-16(4-6-17)15-26-8-11-28-12-9-26/h3-6,13-14,27H,1-2,7-12,15H2,(H2,22,23,24,25). The monoisotopic (exact) mass is 381 g/mol. The molecule has 7 nitrogen and oxygen atoms in total. The average molecular weight is 381 g/mol. The summed E-state index contributed by atoms with van der Waals surface area (Å²) in [5.41, 5.74) is 4.41. The summed E-state index contributed by atoms with van der Waals surface area (Å²) in [7, 11) is 0. The fourth-order valence-corrected chi connectivity index (χ4v) is 3.48. The van der Waals surface area contributed by atoms with E-state index < -0.39 is 0 Å². The van der Waals surface area contributed by atoms with E-state index in [1.807, 2.05) is 12.4 Å². The van der Waals surface area contributed by atoms with Crippen LogP contribution in [0.1, 0.15) is 18.4 Å². The number of hydrogen-bond donors (Lipinski definition) is 3. The van der Waals surface area contributed by atoms with Crippen LogP contribution in [0.2, 0.25) is 0 Å². The van der Waals surface area contributed by atoms with Gasteiger partial charge in [-0.3, -0.25) is 4.90 Å². The highest BCUT2D eigenvalue weighted by atomic mass is 16.5. The Morgan fingerprint density at radius 1 is 1.14 bits per heavy atom. The quantitative estimate of drug-likeness (QED) is 0.520. The molecule has 1 saturated heterocycles. The maximum atomic E-state index is 8.84. The minimum Gasteiger partial charge on any atom is -0.396 e. The van der Waals surface area contributed by atoms with E-state index in [4.69, 9.17) is 9.84 Å². The fraction of sp³-hybridized carbons (Fsp3) is 0.429. The second-order valence-electron chi connectivity index (χ2n) is 7.10. The normalized spacial score (nSPS) is 15.2. The Labute approximate surface area is 164 Å².